The molecule has 0 saturated heterocycles. The predicted molar refractivity (Wildman–Crippen MR) is 84.2 cm³/mol. The number of allylic oxidation sites excluding steroid dienone is 1. The summed E-state index contributed by atoms with van der Waals surface area (Å²) in [4.78, 5) is 0. The summed E-state index contributed by atoms with van der Waals surface area (Å²) in [5, 5.41) is 8.46. The first-order valence-corrected chi connectivity index (χ1v) is 6.67. The monoisotopic (exact) mass is 309 g/mol. The molecule has 0 unspecified atom stereocenters. The molecule has 2 aromatic rings. The van der Waals surface area contributed by atoms with Crippen LogP contribution >= 0.6 is 15.9 Å². The van der Waals surface area contributed by atoms with Crippen LogP contribution in [0.4, 0.5) is 0 Å². The van der Waals surface area contributed by atoms with Crippen LogP contribution < -0.4 is 0 Å². The molecule has 0 aliphatic rings. The lowest BCUT2D eigenvalue weighted by Crippen LogP contribution is -1.75. The summed E-state index contributed by atoms with van der Waals surface area (Å²) >= 11 is 3.42. The standard InChI is InChI=1S/C17H12BrN/c18-17-11-9-16(10-12-17)8-7-15-5-3-14(4-6-15)2-1-13-19/h1-12H. The molecular formula is C17H12BrN. The third-order valence-corrected chi connectivity index (χ3v) is 3.15. The van der Waals surface area contributed by atoms with Crippen LogP contribution in [0.15, 0.2) is 59.1 Å². The van der Waals surface area contributed by atoms with Crippen LogP contribution in [-0.2, 0) is 0 Å². The molecule has 0 fully saturated rings. The summed E-state index contributed by atoms with van der Waals surface area (Å²) in [5.74, 6) is 0. The second-order valence-electron chi connectivity index (χ2n) is 4.01. The van der Waals surface area contributed by atoms with E-state index in [0.717, 1.165) is 21.2 Å². The van der Waals surface area contributed by atoms with Crippen molar-refractivity contribution >= 4 is 34.2 Å². The predicted octanol–water partition coefficient (Wildman–Crippen LogP) is 5.16. The molecule has 0 spiro atoms. The first-order chi connectivity index (χ1) is 9.28. The van der Waals surface area contributed by atoms with E-state index in [-0.39, 0.29) is 0 Å². The minimum atomic E-state index is 1.03. The average Bonchev–Trinajstić information content (AvgIpc) is 2.46. The maximum absolute atomic E-state index is 8.46. The molecule has 0 aliphatic carbocycles. The first kappa shape index (κ1) is 13.3. The number of rotatable bonds is 3. The molecule has 2 rings (SSSR count). The van der Waals surface area contributed by atoms with E-state index in [1.807, 2.05) is 42.5 Å². The van der Waals surface area contributed by atoms with Crippen LogP contribution in [0, 0.1) is 11.3 Å². The van der Waals surface area contributed by atoms with Gasteiger partial charge in [0, 0.05) is 10.5 Å². The van der Waals surface area contributed by atoms with Gasteiger partial charge >= 0.3 is 0 Å². The number of hydrogen-bond acceptors (Lipinski definition) is 1. The minimum absolute atomic E-state index is 1.03. The highest BCUT2D eigenvalue weighted by atomic mass is 79.9. The van der Waals surface area contributed by atoms with Crippen molar-refractivity contribution in [3.8, 4) is 6.07 Å². The Bertz CT molecular complexity index is 628. The van der Waals surface area contributed by atoms with E-state index in [2.05, 4.69) is 40.2 Å². The Hall–Kier alpha value is -2.11. The second-order valence-corrected chi connectivity index (χ2v) is 4.93. The minimum Gasteiger partial charge on any atom is -0.193 e. The molecule has 2 heteroatoms. The lowest BCUT2D eigenvalue weighted by molar-refractivity contribution is 1.53. The van der Waals surface area contributed by atoms with Crippen molar-refractivity contribution in [2.45, 2.75) is 0 Å². The smallest absolute Gasteiger partial charge is 0.0912 e. The van der Waals surface area contributed by atoms with Gasteiger partial charge in [-0.25, -0.2) is 0 Å². The van der Waals surface area contributed by atoms with Crippen LogP contribution in [0.25, 0.3) is 18.2 Å². The van der Waals surface area contributed by atoms with Crippen molar-refractivity contribution in [3.05, 3.63) is 75.8 Å². The maximum Gasteiger partial charge on any atom is 0.0912 e. The summed E-state index contributed by atoms with van der Waals surface area (Å²) in [5.41, 5.74) is 3.33. The Labute approximate surface area is 121 Å². The van der Waals surface area contributed by atoms with Crippen LogP contribution in [0.5, 0.6) is 0 Å². The quantitative estimate of drug-likeness (QED) is 0.567. The molecule has 0 aromatic heterocycles. The van der Waals surface area contributed by atoms with Gasteiger partial charge in [-0.05, 0) is 34.9 Å². The zero-order chi connectivity index (χ0) is 13.5. The lowest BCUT2D eigenvalue weighted by Gasteiger charge is -1.96. The van der Waals surface area contributed by atoms with E-state index in [9.17, 15) is 0 Å². The molecule has 0 aliphatic heterocycles. The molecule has 0 saturated carbocycles. The Morgan fingerprint density at radius 2 is 1.16 bits per heavy atom. The fourth-order valence-electron chi connectivity index (χ4n) is 1.62. The fourth-order valence-corrected chi connectivity index (χ4v) is 1.88. The molecule has 92 valence electrons. The van der Waals surface area contributed by atoms with E-state index in [4.69, 9.17) is 5.26 Å². The molecule has 0 bridgehead atoms. The Kier molecular flexibility index (Phi) is 4.72. The first-order valence-electron chi connectivity index (χ1n) is 5.88. The molecule has 19 heavy (non-hydrogen) atoms. The largest absolute Gasteiger partial charge is 0.193 e. The Morgan fingerprint density at radius 1 is 0.737 bits per heavy atom. The molecule has 1 nitrogen and oxygen atoms in total. The van der Waals surface area contributed by atoms with Crippen LogP contribution in [0.1, 0.15) is 16.7 Å². The molecular weight excluding hydrogens is 298 g/mol. The van der Waals surface area contributed by atoms with Crippen molar-refractivity contribution in [1.82, 2.24) is 0 Å². The zero-order valence-corrected chi connectivity index (χ0v) is 11.8. The molecule has 0 radical (unpaired) electrons. The number of halogens is 1. The molecule has 0 N–H and O–H groups in total. The van der Waals surface area contributed by atoms with Gasteiger partial charge in [-0.15, -0.1) is 0 Å². The highest BCUT2D eigenvalue weighted by molar-refractivity contribution is 9.10. The van der Waals surface area contributed by atoms with Gasteiger partial charge in [0.25, 0.3) is 0 Å². The summed E-state index contributed by atoms with van der Waals surface area (Å²) in [6.45, 7) is 0. The second kappa shape index (κ2) is 6.72. The van der Waals surface area contributed by atoms with E-state index in [1.54, 1.807) is 6.08 Å². The van der Waals surface area contributed by atoms with Crippen molar-refractivity contribution in [3.63, 3.8) is 0 Å². The van der Waals surface area contributed by atoms with E-state index >= 15 is 0 Å². The van der Waals surface area contributed by atoms with Gasteiger partial charge in [0.05, 0.1) is 6.07 Å². The van der Waals surface area contributed by atoms with Crippen LogP contribution in [-0.4, -0.2) is 0 Å². The number of nitriles is 1. The number of benzene rings is 2. The van der Waals surface area contributed by atoms with Gasteiger partial charge in [0.15, 0.2) is 0 Å². The third kappa shape index (κ3) is 4.24. The average molecular weight is 310 g/mol. The maximum atomic E-state index is 8.46. The van der Waals surface area contributed by atoms with E-state index in [1.165, 1.54) is 6.08 Å². The van der Waals surface area contributed by atoms with Gasteiger partial charge in [0.1, 0.15) is 0 Å². The van der Waals surface area contributed by atoms with Gasteiger partial charge in [-0.2, -0.15) is 5.26 Å². The van der Waals surface area contributed by atoms with Crippen molar-refractivity contribution in [2.75, 3.05) is 0 Å². The molecule has 0 amide bonds. The van der Waals surface area contributed by atoms with E-state index in [0.29, 0.717) is 0 Å². The number of hydrogen-bond donors (Lipinski definition) is 0. The van der Waals surface area contributed by atoms with Gasteiger partial charge < -0.3 is 0 Å². The van der Waals surface area contributed by atoms with Crippen molar-refractivity contribution < 1.29 is 0 Å². The lowest BCUT2D eigenvalue weighted by atomic mass is 10.1. The normalized spacial score (nSPS) is 10.9. The summed E-state index contributed by atoms with van der Waals surface area (Å²) in [6.07, 6.45) is 7.42. The zero-order valence-electron chi connectivity index (χ0n) is 10.3. The topological polar surface area (TPSA) is 23.8 Å². The Morgan fingerprint density at radius 3 is 1.63 bits per heavy atom. The summed E-state index contributed by atoms with van der Waals surface area (Å²) < 4.78 is 1.08. The third-order valence-electron chi connectivity index (χ3n) is 2.63. The number of nitrogens with zero attached hydrogens (tertiary/aromatic N) is 1. The van der Waals surface area contributed by atoms with Crippen LogP contribution in [0.3, 0.4) is 0 Å². The Balaban J connectivity index is 2.09. The SMILES string of the molecule is N#CC=Cc1ccc(C=Cc2ccc(Br)cc2)cc1. The van der Waals surface area contributed by atoms with Gasteiger partial charge in [0.2, 0.25) is 0 Å². The molecule has 2 aromatic carbocycles. The summed E-state index contributed by atoms with van der Waals surface area (Å²) in [7, 11) is 0. The van der Waals surface area contributed by atoms with Gasteiger partial charge in [-0.1, -0.05) is 64.5 Å². The van der Waals surface area contributed by atoms with Crippen molar-refractivity contribution in [1.29, 1.82) is 5.26 Å². The highest BCUT2D eigenvalue weighted by Gasteiger charge is 1.90. The fraction of sp³-hybridized carbons (Fsp3) is 0. The van der Waals surface area contributed by atoms with Crippen LogP contribution in [0.2, 0.25) is 0 Å². The van der Waals surface area contributed by atoms with E-state index < -0.39 is 0 Å². The van der Waals surface area contributed by atoms with Gasteiger partial charge in [-0.3, -0.25) is 0 Å². The highest BCUT2D eigenvalue weighted by Crippen LogP contribution is 2.14. The molecule has 0 heterocycles. The van der Waals surface area contributed by atoms with Crippen molar-refractivity contribution in [2.24, 2.45) is 0 Å². The molecule has 0 atom stereocenters. The summed E-state index contributed by atoms with van der Waals surface area (Å²) in [6, 6.07) is 18.2.